The zero-order valence-electron chi connectivity index (χ0n) is 11.9. The molecule has 1 N–H and O–H groups in total. The number of nitrogens with one attached hydrogen (secondary N) is 1. The number of nitrogens with zero attached hydrogens (tertiary/aromatic N) is 1. The molecule has 0 aliphatic heterocycles. The van der Waals surface area contributed by atoms with Crippen molar-refractivity contribution < 1.29 is 0 Å². The van der Waals surface area contributed by atoms with Crippen LogP contribution in [0.5, 0.6) is 0 Å². The molecule has 2 rings (SSSR count). The van der Waals surface area contributed by atoms with Gasteiger partial charge < -0.3 is 5.32 Å². The van der Waals surface area contributed by atoms with Crippen molar-refractivity contribution in [2.75, 3.05) is 6.54 Å². The Morgan fingerprint density at radius 1 is 1.21 bits per heavy atom. The lowest BCUT2D eigenvalue weighted by molar-refractivity contribution is 0.588. The number of benzene rings is 1. The van der Waals surface area contributed by atoms with E-state index in [2.05, 4.69) is 60.7 Å². The van der Waals surface area contributed by atoms with Crippen molar-refractivity contribution in [3.8, 4) is 0 Å². The Balaban J connectivity index is 2.25. The molecule has 1 heterocycles. The number of thiazole rings is 1. The summed E-state index contributed by atoms with van der Waals surface area (Å²) in [6.07, 6.45) is 2.22. The summed E-state index contributed by atoms with van der Waals surface area (Å²) in [6.45, 7) is 7.45. The van der Waals surface area contributed by atoms with Crippen molar-refractivity contribution in [2.45, 2.75) is 39.7 Å². The van der Waals surface area contributed by atoms with Crippen LogP contribution in [0.25, 0.3) is 0 Å². The Bertz CT molecular complexity index is 502. The van der Waals surface area contributed by atoms with Crippen LogP contribution >= 0.6 is 11.3 Å². The second kappa shape index (κ2) is 6.83. The second-order valence-corrected chi connectivity index (χ2v) is 5.84. The average molecular weight is 274 g/mol. The minimum atomic E-state index is 0.218. The van der Waals surface area contributed by atoms with Crippen molar-refractivity contribution in [2.24, 2.45) is 0 Å². The first-order chi connectivity index (χ1) is 9.24. The molecule has 2 aromatic rings. The summed E-state index contributed by atoms with van der Waals surface area (Å²) in [4.78, 5) is 4.64. The normalized spacial score (nSPS) is 12.6. The Morgan fingerprint density at radius 2 is 1.95 bits per heavy atom. The zero-order chi connectivity index (χ0) is 13.7. The van der Waals surface area contributed by atoms with Gasteiger partial charge in [-0.1, -0.05) is 38.1 Å². The highest BCUT2D eigenvalue weighted by Gasteiger charge is 2.15. The van der Waals surface area contributed by atoms with Gasteiger partial charge in [-0.3, -0.25) is 0 Å². The van der Waals surface area contributed by atoms with E-state index < -0.39 is 0 Å². The molecule has 0 aliphatic rings. The Labute approximate surface area is 119 Å². The summed E-state index contributed by atoms with van der Waals surface area (Å²) in [6, 6.07) is 9.10. The fraction of sp³-hybridized carbons (Fsp3) is 0.438. The fourth-order valence-corrected chi connectivity index (χ4v) is 2.78. The highest BCUT2D eigenvalue weighted by atomic mass is 32.1. The lowest BCUT2D eigenvalue weighted by Crippen LogP contribution is -2.23. The van der Waals surface area contributed by atoms with Crippen LogP contribution in [0.2, 0.25) is 0 Å². The van der Waals surface area contributed by atoms with E-state index in [1.807, 2.05) is 0 Å². The first-order valence-corrected chi connectivity index (χ1v) is 7.86. The molecule has 2 nitrogen and oxygen atoms in total. The Hall–Kier alpha value is -1.19. The van der Waals surface area contributed by atoms with E-state index in [1.165, 1.54) is 11.1 Å². The molecule has 0 amide bonds. The lowest BCUT2D eigenvalue weighted by atomic mass is 10.0. The topological polar surface area (TPSA) is 24.9 Å². The average Bonchev–Trinajstić information content (AvgIpc) is 2.86. The van der Waals surface area contributed by atoms with Gasteiger partial charge in [0.2, 0.25) is 0 Å². The minimum absolute atomic E-state index is 0.218. The molecule has 0 fully saturated rings. The van der Waals surface area contributed by atoms with Crippen molar-refractivity contribution in [3.05, 3.63) is 51.5 Å². The molecule has 0 saturated carbocycles. The first-order valence-electron chi connectivity index (χ1n) is 6.98. The fourth-order valence-electron chi connectivity index (χ4n) is 2.14. The molecule has 0 bridgehead atoms. The van der Waals surface area contributed by atoms with Crippen LogP contribution < -0.4 is 5.32 Å². The van der Waals surface area contributed by atoms with Gasteiger partial charge in [0.05, 0.1) is 16.7 Å². The quantitative estimate of drug-likeness (QED) is 0.857. The van der Waals surface area contributed by atoms with Crippen LogP contribution in [0.4, 0.5) is 0 Å². The summed E-state index contributed by atoms with van der Waals surface area (Å²) in [7, 11) is 0. The highest BCUT2D eigenvalue weighted by Crippen LogP contribution is 2.24. The predicted molar refractivity (Wildman–Crippen MR) is 82.8 cm³/mol. The van der Waals surface area contributed by atoms with E-state index in [1.54, 1.807) is 11.3 Å². The SMILES string of the molecule is CCCNC(c1ccc(CC)cc1)c1csc(C)n1. The molecule has 0 radical (unpaired) electrons. The van der Waals surface area contributed by atoms with Crippen molar-refractivity contribution in [1.82, 2.24) is 10.3 Å². The first kappa shape index (κ1) is 14.2. The maximum Gasteiger partial charge on any atom is 0.0898 e. The standard InChI is InChI=1S/C16H22N2S/c1-4-10-17-16(15-11-19-12(3)18-15)14-8-6-13(5-2)7-9-14/h6-9,11,16-17H,4-5,10H2,1-3H3. The minimum Gasteiger partial charge on any atom is -0.305 e. The smallest absolute Gasteiger partial charge is 0.0898 e. The van der Waals surface area contributed by atoms with Crippen LogP contribution in [-0.2, 0) is 6.42 Å². The number of aryl methyl sites for hydroxylation is 2. The van der Waals surface area contributed by atoms with Crippen LogP contribution in [0.1, 0.15) is 48.1 Å². The van der Waals surface area contributed by atoms with Crippen LogP contribution in [-0.4, -0.2) is 11.5 Å². The second-order valence-electron chi connectivity index (χ2n) is 4.77. The summed E-state index contributed by atoms with van der Waals surface area (Å²) in [5, 5.41) is 6.89. The molecule has 102 valence electrons. The van der Waals surface area contributed by atoms with E-state index in [-0.39, 0.29) is 6.04 Å². The molecular formula is C16H22N2S. The summed E-state index contributed by atoms with van der Waals surface area (Å²) < 4.78 is 0. The van der Waals surface area contributed by atoms with Crippen molar-refractivity contribution >= 4 is 11.3 Å². The molecule has 1 aromatic heterocycles. The van der Waals surface area contributed by atoms with Crippen molar-refractivity contribution in [3.63, 3.8) is 0 Å². The maximum atomic E-state index is 4.64. The zero-order valence-corrected chi connectivity index (χ0v) is 12.8. The van der Waals surface area contributed by atoms with Gasteiger partial charge in [0, 0.05) is 5.38 Å². The number of hydrogen-bond donors (Lipinski definition) is 1. The van der Waals surface area contributed by atoms with Crippen LogP contribution in [0.15, 0.2) is 29.6 Å². The molecule has 19 heavy (non-hydrogen) atoms. The van der Waals surface area contributed by atoms with Gasteiger partial charge in [-0.25, -0.2) is 4.98 Å². The van der Waals surface area contributed by atoms with Gasteiger partial charge in [0.15, 0.2) is 0 Å². The Kier molecular flexibility index (Phi) is 5.11. The predicted octanol–water partition coefficient (Wildman–Crippen LogP) is 4.10. The van der Waals surface area contributed by atoms with E-state index in [9.17, 15) is 0 Å². The monoisotopic (exact) mass is 274 g/mol. The van der Waals surface area contributed by atoms with Gasteiger partial charge in [-0.15, -0.1) is 11.3 Å². The third-order valence-electron chi connectivity index (χ3n) is 3.25. The molecule has 0 aliphatic carbocycles. The largest absolute Gasteiger partial charge is 0.305 e. The molecule has 0 spiro atoms. The molecule has 0 saturated heterocycles. The van der Waals surface area contributed by atoms with Gasteiger partial charge in [0.1, 0.15) is 0 Å². The summed E-state index contributed by atoms with van der Waals surface area (Å²) in [5.41, 5.74) is 3.82. The molecular weight excluding hydrogens is 252 g/mol. The van der Waals surface area contributed by atoms with E-state index in [0.29, 0.717) is 0 Å². The van der Waals surface area contributed by atoms with Gasteiger partial charge in [-0.2, -0.15) is 0 Å². The third-order valence-corrected chi connectivity index (χ3v) is 4.04. The van der Waals surface area contributed by atoms with Gasteiger partial charge in [-0.05, 0) is 37.4 Å². The molecule has 1 atom stereocenters. The highest BCUT2D eigenvalue weighted by molar-refractivity contribution is 7.09. The third kappa shape index (κ3) is 3.64. The number of rotatable bonds is 6. The number of hydrogen-bond acceptors (Lipinski definition) is 3. The van der Waals surface area contributed by atoms with E-state index >= 15 is 0 Å². The van der Waals surface area contributed by atoms with Crippen molar-refractivity contribution in [1.29, 1.82) is 0 Å². The summed E-state index contributed by atoms with van der Waals surface area (Å²) in [5.74, 6) is 0. The number of aromatic nitrogens is 1. The van der Waals surface area contributed by atoms with Gasteiger partial charge >= 0.3 is 0 Å². The molecule has 1 aromatic carbocycles. The lowest BCUT2D eigenvalue weighted by Gasteiger charge is -2.17. The Morgan fingerprint density at radius 3 is 2.47 bits per heavy atom. The van der Waals surface area contributed by atoms with E-state index in [0.717, 1.165) is 30.1 Å². The van der Waals surface area contributed by atoms with Crippen LogP contribution in [0, 0.1) is 6.92 Å². The molecule has 1 unspecified atom stereocenters. The van der Waals surface area contributed by atoms with E-state index in [4.69, 9.17) is 0 Å². The summed E-state index contributed by atoms with van der Waals surface area (Å²) >= 11 is 1.72. The van der Waals surface area contributed by atoms with Gasteiger partial charge in [0.25, 0.3) is 0 Å². The maximum absolute atomic E-state index is 4.64. The molecule has 3 heteroatoms. The van der Waals surface area contributed by atoms with Crippen LogP contribution in [0.3, 0.4) is 0 Å².